The van der Waals surface area contributed by atoms with Crippen LogP contribution in [0.1, 0.15) is 135 Å². The maximum atomic E-state index is 8.76. The number of hydrogen-bond acceptors (Lipinski definition) is 4. The molecule has 1 saturated heterocycles. The zero-order valence-electron chi connectivity index (χ0n) is 20.8. The summed E-state index contributed by atoms with van der Waals surface area (Å²) in [5.74, 6) is 0. The van der Waals surface area contributed by atoms with Crippen LogP contribution in [-0.2, 0) is 14.2 Å². The summed E-state index contributed by atoms with van der Waals surface area (Å²) < 4.78 is 17.4. The van der Waals surface area contributed by atoms with Gasteiger partial charge in [0, 0.05) is 13.2 Å². The molecule has 2 unspecified atom stereocenters. The minimum absolute atomic E-state index is 0.0138. The third kappa shape index (κ3) is 19.1. The van der Waals surface area contributed by atoms with Crippen molar-refractivity contribution >= 4 is 0 Å². The minimum atomic E-state index is -0.0138. The van der Waals surface area contributed by atoms with Crippen LogP contribution in [0.3, 0.4) is 0 Å². The van der Waals surface area contributed by atoms with E-state index in [-0.39, 0.29) is 12.4 Å². The maximum absolute atomic E-state index is 8.76. The van der Waals surface area contributed by atoms with Gasteiger partial charge in [0.05, 0.1) is 13.2 Å². The second kappa shape index (κ2) is 23.0. The molecule has 186 valence electrons. The number of hydrogen-bond donors (Lipinski definition) is 1. The third-order valence-corrected chi connectivity index (χ3v) is 6.36. The molecule has 0 radical (unpaired) electrons. The van der Waals surface area contributed by atoms with Crippen LogP contribution >= 0.6 is 0 Å². The number of aliphatic hydroxyl groups excluding tert-OH is 1. The topological polar surface area (TPSA) is 47.9 Å². The molecule has 1 heterocycles. The van der Waals surface area contributed by atoms with Crippen molar-refractivity contribution in [3.63, 3.8) is 0 Å². The van der Waals surface area contributed by atoms with Crippen LogP contribution in [0, 0.1) is 0 Å². The fourth-order valence-corrected chi connectivity index (χ4v) is 4.31. The Morgan fingerprint density at radius 2 is 1.19 bits per heavy atom. The lowest BCUT2D eigenvalue weighted by atomic mass is 10.0. The van der Waals surface area contributed by atoms with Gasteiger partial charge in [-0.1, -0.05) is 110 Å². The molecule has 4 nitrogen and oxygen atoms in total. The molecule has 31 heavy (non-hydrogen) atoms. The SMILES string of the molecule is CCCCCCCCCCCCCCCCCC1OCC(COCCCCCCO)O1. The average molecular weight is 443 g/mol. The van der Waals surface area contributed by atoms with Gasteiger partial charge in [-0.05, 0) is 25.7 Å². The van der Waals surface area contributed by atoms with Gasteiger partial charge in [0.2, 0.25) is 0 Å². The highest BCUT2D eigenvalue weighted by molar-refractivity contribution is 4.65. The van der Waals surface area contributed by atoms with Crippen LogP contribution in [0.4, 0.5) is 0 Å². The Morgan fingerprint density at radius 1 is 0.677 bits per heavy atom. The van der Waals surface area contributed by atoms with Crippen molar-refractivity contribution in [1.82, 2.24) is 0 Å². The van der Waals surface area contributed by atoms with Crippen molar-refractivity contribution in [3.8, 4) is 0 Å². The summed E-state index contributed by atoms with van der Waals surface area (Å²) in [6, 6.07) is 0. The molecular weight excluding hydrogens is 388 g/mol. The van der Waals surface area contributed by atoms with Crippen molar-refractivity contribution < 1.29 is 19.3 Å². The van der Waals surface area contributed by atoms with E-state index in [1.165, 1.54) is 96.3 Å². The second-order valence-corrected chi connectivity index (χ2v) is 9.47. The summed E-state index contributed by atoms with van der Waals surface area (Å²) in [5.41, 5.74) is 0. The Kier molecular flexibility index (Phi) is 21.4. The molecule has 0 aromatic heterocycles. The van der Waals surface area contributed by atoms with Gasteiger partial charge < -0.3 is 19.3 Å². The highest BCUT2D eigenvalue weighted by Gasteiger charge is 2.25. The lowest BCUT2D eigenvalue weighted by molar-refractivity contribution is -0.0761. The maximum Gasteiger partial charge on any atom is 0.158 e. The van der Waals surface area contributed by atoms with Gasteiger partial charge >= 0.3 is 0 Å². The summed E-state index contributed by atoms with van der Waals surface area (Å²) >= 11 is 0. The summed E-state index contributed by atoms with van der Waals surface area (Å²) in [7, 11) is 0. The number of rotatable bonds is 24. The summed E-state index contributed by atoms with van der Waals surface area (Å²) in [6.45, 7) is 4.70. The molecule has 1 aliphatic heterocycles. The first-order valence-corrected chi connectivity index (χ1v) is 13.8. The highest BCUT2D eigenvalue weighted by atomic mass is 16.7. The molecular formula is C27H54O4. The van der Waals surface area contributed by atoms with E-state index >= 15 is 0 Å². The zero-order chi connectivity index (χ0) is 22.2. The second-order valence-electron chi connectivity index (χ2n) is 9.47. The Hall–Kier alpha value is -0.160. The van der Waals surface area contributed by atoms with Crippen molar-refractivity contribution in [1.29, 1.82) is 0 Å². The van der Waals surface area contributed by atoms with Crippen molar-refractivity contribution in [3.05, 3.63) is 0 Å². The molecule has 0 spiro atoms. The van der Waals surface area contributed by atoms with Gasteiger partial charge in [0.25, 0.3) is 0 Å². The third-order valence-electron chi connectivity index (χ3n) is 6.36. The first-order chi connectivity index (χ1) is 15.4. The fraction of sp³-hybridized carbons (Fsp3) is 1.00. The van der Waals surface area contributed by atoms with Crippen LogP contribution in [-0.4, -0.2) is 43.9 Å². The molecule has 1 fully saturated rings. The van der Waals surface area contributed by atoms with E-state index in [0.717, 1.165) is 38.7 Å². The van der Waals surface area contributed by atoms with E-state index < -0.39 is 0 Å². The molecule has 2 atom stereocenters. The van der Waals surface area contributed by atoms with Crippen LogP contribution in [0.5, 0.6) is 0 Å². The Morgan fingerprint density at radius 3 is 1.77 bits per heavy atom. The monoisotopic (exact) mass is 442 g/mol. The molecule has 1 aliphatic rings. The first-order valence-electron chi connectivity index (χ1n) is 13.8. The van der Waals surface area contributed by atoms with E-state index in [9.17, 15) is 0 Å². The van der Waals surface area contributed by atoms with Gasteiger partial charge in [-0.25, -0.2) is 0 Å². The lowest BCUT2D eigenvalue weighted by Gasteiger charge is -2.12. The lowest BCUT2D eigenvalue weighted by Crippen LogP contribution is -2.19. The number of ether oxygens (including phenoxy) is 3. The van der Waals surface area contributed by atoms with E-state index in [1.54, 1.807) is 0 Å². The quantitative estimate of drug-likeness (QED) is 0.157. The van der Waals surface area contributed by atoms with E-state index in [4.69, 9.17) is 19.3 Å². The summed E-state index contributed by atoms with van der Waals surface area (Å²) in [5, 5.41) is 8.76. The van der Waals surface area contributed by atoms with Crippen LogP contribution < -0.4 is 0 Å². The van der Waals surface area contributed by atoms with Gasteiger partial charge in [-0.3, -0.25) is 0 Å². The minimum Gasteiger partial charge on any atom is -0.396 e. The van der Waals surface area contributed by atoms with Crippen molar-refractivity contribution in [2.75, 3.05) is 26.4 Å². The molecule has 1 N–H and O–H groups in total. The Balaban J connectivity index is 1.75. The van der Waals surface area contributed by atoms with E-state index in [2.05, 4.69) is 6.92 Å². The molecule has 0 saturated carbocycles. The molecule has 1 rings (SSSR count). The number of aliphatic hydroxyl groups is 1. The van der Waals surface area contributed by atoms with Crippen molar-refractivity contribution in [2.45, 2.75) is 148 Å². The smallest absolute Gasteiger partial charge is 0.158 e. The van der Waals surface area contributed by atoms with Crippen LogP contribution in [0.15, 0.2) is 0 Å². The molecule has 4 heteroatoms. The summed E-state index contributed by atoms with van der Waals surface area (Å²) in [6.07, 6.45) is 26.3. The van der Waals surface area contributed by atoms with Gasteiger partial charge in [0.15, 0.2) is 6.29 Å². The molecule has 0 aromatic rings. The normalized spacial score (nSPS) is 18.8. The Bertz CT molecular complexity index is 350. The van der Waals surface area contributed by atoms with Crippen molar-refractivity contribution in [2.24, 2.45) is 0 Å². The predicted octanol–water partition coefficient (Wildman–Crippen LogP) is 7.56. The van der Waals surface area contributed by atoms with Crippen LogP contribution in [0.25, 0.3) is 0 Å². The van der Waals surface area contributed by atoms with Gasteiger partial charge in [-0.15, -0.1) is 0 Å². The Labute approximate surface area is 193 Å². The zero-order valence-corrected chi connectivity index (χ0v) is 20.8. The van der Waals surface area contributed by atoms with E-state index in [1.807, 2.05) is 0 Å². The molecule has 0 amide bonds. The fourth-order valence-electron chi connectivity index (χ4n) is 4.31. The van der Waals surface area contributed by atoms with Gasteiger partial charge in [0.1, 0.15) is 6.10 Å². The standard InChI is InChI=1S/C27H54O4/c1-2-3-4-5-6-7-8-9-10-11-12-13-14-15-18-21-27-30-25-26(31-27)24-29-23-20-17-16-19-22-28/h26-28H,2-25H2,1H3. The van der Waals surface area contributed by atoms with Crippen LogP contribution in [0.2, 0.25) is 0 Å². The highest BCUT2D eigenvalue weighted by Crippen LogP contribution is 2.19. The predicted molar refractivity (Wildman–Crippen MR) is 131 cm³/mol. The molecule has 0 aliphatic carbocycles. The molecule has 0 bridgehead atoms. The molecule has 0 aromatic carbocycles. The largest absolute Gasteiger partial charge is 0.396 e. The van der Waals surface area contributed by atoms with E-state index in [0.29, 0.717) is 19.8 Å². The van der Waals surface area contributed by atoms with Gasteiger partial charge in [-0.2, -0.15) is 0 Å². The first kappa shape index (κ1) is 28.9. The number of unbranched alkanes of at least 4 members (excludes halogenated alkanes) is 17. The average Bonchev–Trinajstić information content (AvgIpc) is 3.23. The summed E-state index contributed by atoms with van der Waals surface area (Å²) in [4.78, 5) is 0.